The van der Waals surface area contributed by atoms with Crippen LogP contribution in [0.25, 0.3) is 0 Å². The molecule has 0 aliphatic rings. The van der Waals surface area contributed by atoms with E-state index in [1.54, 1.807) is 45.0 Å². The number of carbonyl (C=O) groups is 2. The van der Waals surface area contributed by atoms with E-state index < -0.39 is 46.2 Å². The highest BCUT2D eigenvalue weighted by Crippen LogP contribution is 2.33. The topological polar surface area (TPSA) is 86.8 Å². The minimum absolute atomic E-state index is 0.0210. The van der Waals surface area contributed by atoms with Gasteiger partial charge >= 0.3 is 6.18 Å². The number of anilines is 1. The molecule has 0 saturated carbocycles. The fraction of sp³-hybridized carbons (Fsp3) is 0.333. The van der Waals surface area contributed by atoms with E-state index in [4.69, 9.17) is 0 Å². The number of amides is 2. The predicted molar refractivity (Wildman–Crippen MR) is 152 cm³/mol. The van der Waals surface area contributed by atoms with E-state index in [-0.39, 0.29) is 23.2 Å². The third kappa shape index (κ3) is 8.09. The number of hydrogen-bond acceptors (Lipinski definition) is 4. The standard InChI is InChI=1S/C30H34F3N3O4S/c1-20(2)34-29(38)23(5)35(18-24-13-9-21(3)10-14-24)28(37)19-36(26-8-6-7-25(17-26)30(31,32)33)41(39,40)27-15-11-22(4)12-16-27/h6-17,20,23H,18-19H2,1-5H3,(H,34,38)/t23-/m1/s1. The molecule has 1 N–H and O–H groups in total. The smallest absolute Gasteiger partial charge is 0.352 e. The van der Waals surface area contributed by atoms with Gasteiger partial charge in [0.1, 0.15) is 12.6 Å². The molecule has 0 aromatic heterocycles. The van der Waals surface area contributed by atoms with Gasteiger partial charge in [-0.15, -0.1) is 0 Å². The molecule has 0 saturated heterocycles. The SMILES string of the molecule is Cc1ccc(CN(C(=O)CN(c2cccc(C(F)(F)F)c2)S(=O)(=O)c2ccc(C)cc2)[C@H](C)C(=O)NC(C)C)cc1. The monoisotopic (exact) mass is 589 g/mol. The molecule has 7 nitrogen and oxygen atoms in total. The summed E-state index contributed by atoms with van der Waals surface area (Å²) in [7, 11) is -4.49. The number of aryl methyl sites for hydroxylation is 2. The summed E-state index contributed by atoms with van der Waals surface area (Å²) in [6.45, 7) is 7.86. The first-order valence-corrected chi connectivity index (χ1v) is 14.5. The van der Waals surface area contributed by atoms with Gasteiger partial charge in [-0.25, -0.2) is 8.42 Å². The van der Waals surface area contributed by atoms with Crippen LogP contribution in [-0.2, 0) is 32.3 Å². The van der Waals surface area contributed by atoms with Crippen LogP contribution in [0, 0.1) is 13.8 Å². The second-order valence-electron chi connectivity index (χ2n) is 10.2. The number of sulfonamides is 1. The summed E-state index contributed by atoms with van der Waals surface area (Å²) in [4.78, 5) is 27.8. The molecule has 0 radical (unpaired) electrons. The number of nitrogens with one attached hydrogen (secondary N) is 1. The van der Waals surface area contributed by atoms with Crippen LogP contribution in [0.1, 0.15) is 43.0 Å². The largest absolute Gasteiger partial charge is 0.416 e. The highest BCUT2D eigenvalue weighted by atomic mass is 32.2. The van der Waals surface area contributed by atoms with E-state index in [1.165, 1.54) is 30.0 Å². The molecule has 0 heterocycles. The highest BCUT2D eigenvalue weighted by Gasteiger charge is 2.35. The molecule has 0 aliphatic heterocycles. The van der Waals surface area contributed by atoms with Gasteiger partial charge in [0.2, 0.25) is 11.8 Å². The van der Waals surface area contributed by atoms with Crippen LogP contribution in [-0.4, -0.2) is 43.8 Å². The lowest BCUT2D eigenvalue weighted by Gasteiger charge is -2.32. The lowest BCUT2D eigenvalue weighted by Crippen LogP contribution is -2.52. The van der Waals surface area contributed by atoms with Crippen molar-refractivity contribution in [3.8, 4) is 0 Å². The van der Waals surface area contributed by atoms with Crippen molar-refractivity contribution in [3.05, 3.63) is 95.1 Å². The van der Waals surface area contributed by atoms with Crippen LogP contribution in [0.2, 0.25) is 0 Å². The molecular formula is C30H34F3N3O4S. The van der Waals surface area contributed by atoms with Gasteiger partial charge in [-0.1, -0.05) is 53.6 Å². The first-order chi connectivity index (χ1) is 19.1. The summed E-state index contributed by atoms with van der Waals surface area (Å²) >= 11 is 0. The highest BCUT2D eigenvalue weighted by molar-refractivity contribution is 7.92. The molecule has 2 amide bonds. The fourth-order valence-electron chi connectivity index (χ4n) is 4.08. The minimum Gasteiger partial charge on any atom is -0.352 e. The van der Waals surface area contributed by atoms with Crippen LogP contribution in [0.3, 0.4) is 0 Å². The van der Waals surface area contributed by atoms with Gasteiger partial charge in [0.15, 0.2) is 0 Å². The summed E-state index contributed by atoms with van der Waals surface area (Å²) in [5.41, 5.74) is 1.06. The van der Waals surface area contributed by atoms with Crippen molar-refractivity contribution >= 4 is 27.5 Å². The van der Waals surface area contributed by atoms with Gasteiger partial charge < -0.3 is 10.2 Å². The maximum Gasteiger partial charge on any atom is 0.416 e. The average Bonchev–Trinajstić information content (AvgIpc) is 2.90. The van der Waals surface area contributed by atoms with E-state index in [2.05, 4.69) is 5.32 Å². The van der Waals surface area contributed by atoms with Crippen LogP contribution in [0.15, 0.2) is 77.7 Å². The molecule has 3 rings (SSSR count). The molecule has 0 unspecified atom stereocenters. The second-order valence-corrected chi connectivity index (χ2v) is 12.1. The summed E-state index contributed by atoms with van der Waals surface area (Å²) < 4.78 is 69.0. The zero-order valence-corrected chi connectivity index (χ0v) is 24.4. The Kier molecular flexibility index (Phi) is 9.85. The number of alkyl halides is 3. The lowest BCUT2D eigenvalue weighted by atomic mass is 10.1. The van der Waals surface area contributed by atoms with Crippen molar-refractivity contribution in [2.45, 2.75) is 64.3 Å². The van der Waals surface area contributed by atoms with Gasteiger partial charge in [-0.05, 0) is 70.5 Å². The van der Waals surface area contributed by atoms with Crippen LogP contribution in [0.5, 0.6) is 0 Å². The minimum atomic E-state index is -4.74. The third-order valence-corrected chi connectivity index (χ3v) is 8.21. The van der Waals surface area contributed by atoms with Gasteiger partial charge in [0.05, 0.1) is 16.1 Å². The Labute approximate surface area is 239 Å². The van der Waals surface area contributed by atoms with Crippen molar-refractivity contribution < 1.29 is 31.2 Å². The summed E-state index contributed by atoms with van der Waals surface area (Å²) in [6, 6.07) is 15.6. The first kappa shape index (κ1) is 31.7. The Morgan fingerprint density at radius 2 is 1.44 bits per heavy atom. The summed E-state index contributed by atoms with van der Waals surface area (Å²) in [5.74, 6) is -1.21. The molecule has 0 spiro atoms. The van der Waals surface area contributed by atoms with E-state index in [1.807, 2.05) is 19.1 Å². The zero-order chi connectivity index (χ0) is 30.5. The molecule has 41 heavy (non-hydrogen) atoms. The Morgan fingerprint density at radius 3 is 1.98 bits per heavy atom. The molecule has 0 aliphatic carbocycles. The summed E-state index contributed by atoms with van der Waals surface area (Å²) in [6.07, 6.45) is -4.74. The molecule has 0 fully saturated rings. The molecule has 11 heteroatoms. The maximum absolute atomic E-state index is 13.9. The van der Waals surface area contributed by atoms with Gasteiger partial charge in [0, 0.05) is 12.6 Å². The van der Waals surface area contributed by atoms with Crippen LogP contribution >= 0.6 is 0 Å². The molecule has 3 aromatic carbocycles. The Bertz CT molecular complexity index is 1470. The Morgan fingerprint density at radius 1 is 0.878 bits per heavy atom. The number of benzene rings is 3. The van der Waals surface area contributed by atoms with Crippen molar-refractivity contribution in [1.29, 1.82) is 0 Å². The molecule has 1 atom stereocenters. The van der Waals surface area contributed by atoms with Gasteiger partial charge in [0.25, 0.3) is 10.0 Å². The number of carbonyl (C=O) groups excluding carboxylic acids is 2. The Balaban J connectivity index is 2.09. The van der Waals surface area contributed by atoms with Crippen molar-refractivity contribution in [1.82, 2.24) is 10.2 Å². The number of rotatable bonds is 10. The van der Waals surface area contributed by atoms with Crippen molar-refractivity contribution in [3.63, 3.8) is 0 Å². The molecule has 220 valence electrons. The third-order valence-electron chi connectivity index (χ3n) is 6.42. The molecule has 0 bridgehead atoms. The lowest BCUT2D eigenvalue weighted by molar-refractivity contribution is -0.139. The zero-order valence-electron chi connectivity index (χ0n) is 23.6. The van der Waals surface area contributed by atoms with E-state index in [9.17, 15) is 31.2 Å². The number of nitrogens with zero attached hydrogens (tertiary/aromatic N) is 2. The van der Waals surface area contributed by atoms with Gasteiger partial charge in [-0.2, -0.15) is 13.2 Å². The number of halogens is 3. The number of hydrogen-bond donors (Lipinski definition) is 1. The maximum atomic E-state index is 13.9. The second kappa shape index (κ2) is 12.8. The van der Waals surface area contributed by atoms with Crippen molar-refractivity contribution in [2.24, 2.45) is 0 Å². The van der Waals surface area contributed by atoms with Crippen LogP contribution in [0.4, 0.5) is 18.9 Å². The normalized spacial score (nSPS) is 12.6. The Hall–Kier alpha value is -3.86. The van der Waals surface area contributed by atoms with Crippen molar-refractivity contribution in [2.75, 3.05) is 10.8 Å². The van der Waals surface area contributed by atoms with E-state index in [0.29, 0.717) is 15.9 Å². The van der Waals surface area contributed by atoms with Gasteiger partial charge in [-0.3, -0.25) is 13.9 Å². The van der Waals surface area contributed by atoms with Crippen LogP contribution < -0.4 is 9.62 Å². The average molecular weight is 590 g/mol. The fourth-order valence-corrected chi connectivity index (χ4v) is 5.49. The quantitative estimate of drug-likeness (QED) is 0.340. The predicted octanol–water partition coefficient (Wildman–Crippen LogP) is 5.46. The van der Waals surface area contributed by atoms with E-state index >= 15 is 0 Å². The summed E-state index contributed by atoms with van der Waals surface area (Å²) in [5, 5.41) is 2.75. The molecular weight excluding hydrogens is 555 g/mol. The van der Waals surface area contributed by atoms with E-state index in [0.717, 1.165) is 23.3 Å². The first-order valence-electron chi connectivity index (χ1n) is 13.0. The molecule has 3 aromatic rings.